The summed E-state index contributed by atoms with van der Waals surface area (Å²) >= 11 is 1.41. The number of amides is 1. The number of nitrogens with zero attached hydrogens (tertiary/aromatic N) is 5. The average Bonchev–Trinajstić information content (AvgIpc) is 3.00. The Bertz CT molecular complexity index is 665. The molecule has 0 aliphatic carbocycles. The molecule has 1 aromatic heterocycles. The van der Waals surface area contributed by atoms with Gasteiger partial charge in [-0.05, 0) is 34.2 Å². The van der Waals surface area contributed by atoms with Crippen LogP contribution >= 0.6 is 11.8 Å². The van der Waals surface area contributed by atoms with E-state index in [-0.39, 0.29) is 5.91 Å². The van der Waals surface area contributed by atoms with Crippen LogP contribution in [0.5, 0.6) is 0 Å². The van der Waals surface area contributed by atoms with Crippen molar-refractivity contribution in [1.29, 1.82) is 0 Å². The van der Waals surface area contributed by atoms with Crippen molar-refractivity contribution in [3.63, 3.8) is 0 Å². The summed E-state index contributed by atoms with van der Waals surface area (Å²) in [5, 5.41) is 12.5. The molecule has 1 aliphatic rings. The Morgan fingerprint density at radius 1 is 1.21 bits per heavy atom. The molecule has 1 fully saturated rings. The molecule has 6 nitrogen and oxygen atoms in total. The maximum Gasteiger partial charge on any atom is 0.233 e. The van der Waals surface area contributed by atoms with Crippen molar-refractivity contribution < 1.29 is 4.79 Å². The van der Waals surface area contributed by atoms with Crippen molar-refractivity contribution in [2.45, 2.75) is 32.0 Å². The Kier molecular flexibility index (Phi) is 5.50. The number of thioether (sulfide) groups is 1. The molecule has 0 saturated carbocycles. The van der Waals surface area contributed by atoms with Crippen LogP contribution in [0.25, 0.3) is 0 Å². The number of benzene rings is 1. The number of hydrogen-bond donors (Lipinski definition) is 0. The van der Waals surface area contributed by atoms with Gasteiger partial charge in [-0.1, -0.05) is 55.9 Å². The molecule has 0 unspecified atom stereocenters. The molecule has 1 aliphatic heterocycles. The predicted octanol–water partition coefficient (Wildman–Crippen LogP) is 2.32. The molecule has 24 heavy (non-hydrogen) atoms. The van der Waals surface area contributed by atoms with E-state index in [1.54, 1.807) is 4.68 Å². The number of hydrogen-bond acceptors (Lipinski definition) is 5. The number of aromatic nitrogens is 4. The van der Waals surface area contributed by atoms with E-state index in [0.29, 0.717) is 29.3 Å². The highest BCUT2D eigenvalue weighted by molar-refractivity contribution is 7.99. The second-order valence-electron chi connectivity index (χ2n) is 6.64. The van der Waals surface area contributed by atoms with E-state index in [9.17, 15) is 4.79 Å². The summed E-state index contributed by atoms with van der Waals surface area (Å²) in [6.45, 7) is 6.76. The van der Waals surface area contributed by atoms with Crippen molar-refractivity contribution in [2.75, 3.05) is 18.8 Å². The molecule has 7 heteroatoms. The first kappa shape index (κ1) is 17.0. The Morgan fingerprint density at radius 3 is 2.62 bits per heavy atom. The molecule has 1 saturated heterocycles. The highest BCUT2D eigenvalue weighted by Crippen LogP contribution is 2.23. The molecule has 0 spiro atoms. The lowest BCUT2D eigenvalue weighted by atomic mass is 9.92. The zero-order valence-corrected chi connectivity index (χ0v) is 14.9. The van der Waals surface area contributed by atoms with E-state index in [1.165, 1.54) is 18.2 Å². The maximum atomic E-state index is 12.5. The van der Waals surface area contributed by atoms with Crippen molar-refractivity contribution >= 4 is 17.7 Å². The van der Waals surface area contributed by atoms with Gasteiger partial charge in [-0.3, -0.25) is 4.79 Å². The fourth-order valence-electron chi connectivity index (χ4n) is 3.24. The summed E-state index contributed by atoms with van der Waals surface area (Å²) in [6.07, 6.45) is 1.20. The topological polar surface area (TPSA) is 63.9 Å². The van der Waals surface area contributed by atoms with E-state index in [4.69, 9.17) is 0 Å². The molecule has 0 N–H and O–H groups in total. The summed E-state index contributed by atoms with van der Waals surface area (Å²) in [6, 6.07) is 10.1. The number of likely N-dealkylation sites (tertiary alicyclic amines) is 1. The largest absolute Gasteiger partial charge is 0.341 e. The van der Waals surface area contributed by atoms with Crippen LogP contribution < -0.4 is 0 Å². The molecule has 0 radical (unpaired) electrons. The minimum absolute atomic E-state index is 0.174. The van der Waals surface area contributed by atoms with Gasteiger partial charge in [0.2, 0.25) is 11.1 Å². The highest BCUT2D eigenvalue weighted by Gasteiger charge is 2.25. The smallest absolute Gasteiger partial charge is 0.233 e. The van der Waals surface area contributed by atoms with Gasteiger partial charge >= 0.3 is 0 Å². The molecular weight excluding hydrogens is 322 g/mol. The van der Waals surface area contributed by atoms with Crippen molar-refractivity contribution in [3.8, 4) is 0 Å². The summed E-state index contributed by atoms with van der Waals surface area (Å²) in [4.78, 5) is 14.5. The molecule has 128 valence electrons. The normalized spacial score (nSPS) is 21.0. The third kappa shape index (κ3) is 4.35. The van der Waals surface area contributed by atoms with Crippen LogP contribution in [0.3, 0.4) is 0 Å². The van der Waals surface area contributed by atoms with Crippen LogP contribution in [-0.4, -0.2) is 49.9 Å². The SMILES string of the molecule is C[C@@H]1C[C@@H](C)CN(C(=O)CSc2nnnn2Cc2ccccc2)C1. The van der Waals surface area contributed by atoms with E-state index < -0.39 is 0 Å². The van der Waals surface area contributed by atoms with E-state index in [1.807, 2.05) is 35.2 Å². The van der Waals surface area contributed by atoms with Crippen molar-refractivity contribution in [3.05, 3.63) is 35.9 Å². The monoisotopic (exact) mass is 345 g/mol. The lowest BCUT2D eigenvalue weighted by molar-refractivity contribution is -0.130. The van der Waals surface area contributed by atoms with Crippen molar-refractivity contribution in [2.24, 2.45) is 11.8 Å². The van der Waals surface area contributed by atoms with Gasteiger partial charge in [-0.2, -0.15) is 0 Å². The summed E-state index contributed by atoms with van der Waals surface area (Å²) < 4.78 is 1.74. The molecule has 3 rings (SSSR count). The minimum Gasteiger partial charge on any atom is -0.341 e. The van der Waals surface area contributed by atoms with Crippen LogP contribution in [0.1, 0.15) is 25.8 Å². The molecule has 0 bridgehead atoms. The van der Waals surface area contributed by atoms with Gasteiger partial charge in [0.15, 0.2) is 0 Å². The van der Waals surface area contributed by atoms with Crippen LogP contribution in [0.2, 0.25) is 0 Å². The van der Waals surface area contributed by atoms with Crippen LogP contribution in [0.4, 0.5) is 0 Å². The number of tetrazole rings is 1. The molecule has 1 amide bonds. The zero-order valence-electron chi connectivity index (χ0n) is 14.1. The predicted molar refractivity (Wildman–Crippen MR) is 93.6 cm³/mol. The van der Waals surface area contributed by atoms with Gasteiger partial charge in [0, 0.05) is 13.1 Å². The average molecular weight is 345 g/mol. The minimum atomic E-state index is 0.174. The second-order valence-corrected chi connectivity index (χ2v) is 7.58. The van der Waals surface area contributed by atoms with Gasteiger partial charge < -0.3 is 4.90 Å². The standard InChI is InChI=1S/C17H23N5OS/c1-13-8-14(2)10-21(9-13)16(23)12-24-17-18-19-20-22(17)11-15-6-4-3-5-7-15/h3-7,13-14H,8-12H2,1-2H3/t13-,14-/m1/s1. The quantitative estimate of drug-likeness (QED) is 0.778. The lowest BCUT2D eigenvalue weighted by Gasteiger charge is -2.34. The van der Waals surface area contributed by atoms with Crippen LogP contribution in [0, 0.1) is 11.8 Å². The molecule has 2 aromatic rings. The van der Waals surface area contributed by atoms with Gasteiger partial charge in [-0.25, -0.2) is 4.68 Å². The third-order valence-corrected chi connectivity index (χ3v) is 5.16. The summed E-state index contributed by atoms with van der Waals surface area (Å²) in [5.74, 6) is 1.71. The molecule has 2 atom stereocenters. The second kappa shape index (κ2) is 7.79. The highest BCUT2D eigenvalue weighted by atomic mass is 32.2. The summed E-state index contributed by atoms with van der Waals surface area (Å²) in [7, 11) is 0. The van der Waals surface area contributed by atoms with Crippen molar-refractivity contribution in [1.82, 2.24) is 25.1 Å². The molecular formula is C17H23N5OS. The molecule has 1 aromatic carbocycles. The van der Waals surface area contributed by atoms with E-state index >= 15 is 0 Å². The number of carbonyl (C=O) groups excluding carboxylic acids is 1. The zero-order chi connectivity index (χ0) is 16.9. The first-order valence-electron chi connectivity index (χ1n) is 8.32. The van der Waals surface area contributed by atoms with E-state index in [2.05, 4.69) is 29.4 Å². The molecule has 2 heterocycles. The lowest BCUT2D eigenvalue weighted by Crippen LogP contribution is -2.43. The van der Waals surface area contributed by atoms with E-state index in [0.717, 1.165) is 18.7 Å². The van der Waals surface area contributed by atoms with Crippen LogP contribution in [-0.2, 0) is 11.3 Å². The third-order valence-electron chi connectivity index (χ3n) is 4.22. The number of rotatable bonds is 5. The fraction of sp³-hybridized carbons (Fsp3) is 0.529. The van der Waals surface area contributed by atoms with Gasteiger partial charge in [0.1, 0.15) is 0 Å². The Hall–Kier alpha value is -1.89. The summed E-state index contributed by atoms with van der Waals surface area (Å²) in [5.41, 5.74) is 1.14. The number of carbonyl (C=O) groups is 1. The Labute approximate surface area is 146 Å². The maximum absolute atomic E-state index is 12.5. The number of piperidine rings is 1. The fourth-order valence-corrected chi connectivity index (χ4v) is 4.02. The Balaban J connectivity index is 1.57. The van der Waals surface area contributed by atoms with Gasteiger partial charge in [-0.15, -0.1) is 5.10 Å². The first-order chi connectivity index (χ1) is 11.6. The van der Waals surface area contributed by atoms with Crippen LogP contribution in [0.15, 0.2) is 35.5 Å². The Morgan fingerprint density at radius 2 is 1.92 bits per heavy atom. The van der Waals surface area contributed by atoms with Gasteiger partial charge in [0.25, 0.3) is 0 Å². The van der Waals surface area contributed by atoms with Gasteiger partial charge in [0.05, 0.1) is 12.3 Å². The first-order valence-corrected chi connectivity index (χ1v) is 9.31.